The summed E-state index contributed by atoms with van der Waals surface area (Å²) in [6, 6.07) is 0. The zero-order valence-electron chi connectivity index (χ0n) is 2.87. The highest BCUT2D eigenvalue weighted by molar-refractivity contribution is 5.64. The number of nitrogens with zero attached hydrogens (tertiary/aromatic N) is 4. The van der Waals surface area contributed by atoms with E-state index in [1.165, 1.54) is 4.91 Å². The van der Waals surface area contributed by atoms with E-state index in [1.807, 2.05) is 0 Å². The maximum absolute atomic E-state index is 6.75. The molecule has 0 fully saturated rings. The quantitative estimate of drug-likeness (QED) is 0.256. The molecular weight excluding hydrogens is 82.0 g/mol. The monoisotopic (exact) mass is 84.0 g/mol. The van der Waals surface area contributed by atoms with Gasteiger partial charge in [0.1, 0.15) is 6.34 Å². The van der Waals surface area contributed by atoms with Crippen LogP contribution in [-0.2, 0) is 0 Å². The van der Waals surface area contributed by atoms with Crippen LogP contribution in [0.15, 0.2) is 5.10 Å². The van der Waals surface area contributed by atoms with Crippen molar-refractivity contribution in [1.82, 2.24) is 5.43 Å². The normalized spacial score (nSPS) is 9.33. The molecule has 0 saturated carbocycles. The maximum Gasteiger partial charge on any atom is 0.129 e. The topological polar surface area (TPSA) is 93.0 Å². The van der Waals surface area contributed by atoms with Crippen molar-refractivity contribution in [3.05, 3.63) is 16.0 Å². The van der Waals surface area contributed by atoms with Crippen molar-refractivity contribution >= 4 is 6.34 Å². The average molecular weight is 84.1 g/mol. The summed E-state index contributed by atoms with van der Waals surface area (Å²) in [5.41, 5.74) is 16.0. The van der Waals surface area contributed by atoms with Crippen LogP contribution in [0.3, 0.4) is 0 Å². The van der Waals surface area contributed by atoms with Crippen molar-refractivity contribution in [2.24, 2.45) is 5.10 Å². The first-order valence-corrected chi connectivity index (χ1v) is 1.17. The molecule has 1 heterocycles. The molecule has 0 aromatic rings. The van der Waals surface area contributed by atoms with Gasteiger partial charge in [-0.25, -0.2) is 0 Å². The van der Waals surface area contributed by atoms with Crippen molar-refractivity contribution in [2.45, 2.75) is 0 Å². The van der Waals surface area contributed by atoms with Crippen LogP contribution in [0.1, 0.15) is 0 Å². The molecule has 0 radical (unpaired) electrons. The third kappa shape index (κ3) is 182. The number of nitrogens with one attached hydrogen (secondary N) is 1. The summed E-state index contributed by atoms with van der Waals surface area (Å²) < 4.78 is 0. The molecule has 1 rings (SSSR count). The van der Waals surface area contributed by atoms with Crippen molar-refractivity contribution in [1.29, 1.82) is 0 Å². The Morgan fingerprint density at radius 3 is 1.83 bits per heavy atom. The van der Waals surface area contributed by atoms with Crippen LogP contribution < -0.4 is 5.43 Å². The van der Waals surface area contributed by atoms with Crippen LogP contribution in [0.25, 0.3) is 16.0 Å². The first-order valence-electron chi connectivity index (χ1n) is 1.17. The highest BCUT2D eigenvalue weighted by atomic mass is 15.4. The lowest BCUT2D eigenvalue weighted by Gasteiger charge is -1.31. The Kier molecular flexibility index (Phi) is 3.01. The van der Waals surface area contributed by atoms with Crippen molar-refractivity contribution in [2.75, 3.05) is 0 Å². The molecule has 0 aromatic carbocycles. The Morgan fingerprint density at radius 1 is 1.67 bits per heavy atom. The van der Waals surface area contributed by atoms with Gasteiger partial charge in [0.15, 0.2) is 0 Å². The predicted molar refractivity (Wildman–Crippen MR) is 21.7 cm³/mol. The molecule has 0 bridgehead atoms. The highest BCUT2D eigenvalue weighted by Gasteiger charge is 1.71. The van der Waals surface area contributed by atoms with Gasteiger partial charge in [-0.15, -0.1) is 0 Å². The first kappa shape index (κ1) is 4.78. The molecule has 0 saturated heterocycles. The van der Waals surface area contributed by atoms with E-state index in [4.69, 9.17) is 11.1 Å². The van der Waals surface area contributed by atoms with Crippen LogP contribution in [0.5, 0.6) is 0 Å². The molecule has 0 spiro atoms. The SMILES string of the molecule is C1=NN1.[N-]=[N+]=[N-]. The molecular formula is CH2N5-. The zero-order chi connectivity index (χ0) is 4.83. The highest BCUT2D eigenvalue weighted by Crippen LogP contribution is 1.56. The van der Waals surface area contributed by atoms with Gasteiger partial charge in [-0.2, -0.15) is 5.10 Å². The fourth-order valence-electron chi connectivity index (χ4n) is 0. The second-order valence-corrected chi connectivity index (χ2v) is 0.477. The molecule has 0 aliphatic carbocycles. The zero-order valence-corrected chi connectivity index (χ0v) is 2.87. The second-order valence-electron chi connectivity index (χ2n) is 0.477. The smallest absolute Gasteiger partial charge is 0.129 e. The van der Waals surface area contributed by atoms with Crippen LogP contribution in [-0.4, -0.2) is 6.34 Å². The van der Waals surface area contributed by atoms with Gasteiger partial charge < -0.3 is 11.1 Å². The lowest BCUT2D eigenvalue weighted by molar-refractivity contribution is 1.27. The number of rotatable bonds is 0. The summed E-state index contributed by atoms with van der Waals surface area (Å²) in [6.07, 6.45) is 1.62. The molecule has 5 heteroatoms. The molecule has 1 aliphatic rings. The Hall–Kier alpha value is -1.22. The lowest BCUT2D eigenvalue weighted by atomic mass is 11.6. The molecule has 6 heavy (non-hydrogen) atoms. The second kappa shape index (κ2) is 3.78. The van der Waals surface area contributed by atoms with Gasteiger partial charge in [-0.05, 0) is 0 Å². The van der Waals surface area contributed by atoms with Crippen molar-refractivity contribution < 1.29 is 0 Å². The van der Waals surface area contributed by atoms with E-state index >= 15 is 0 Å². The van der Waals surface area contributed by atoms with E-state index in [0.29, 0.717) is 0 Å². The first-order chi connectivity index (χ1) is 2.91. The van der Waals surface area contributed by atoms with E-state index in [0.717, 1.165) is 0 Å². The Bertz CT molecular complexity index is 71.9. The molecule has 0 amide bonds. The summed E-state index contributed by atoms with van der Waals surface area (Å²) in [7, 11) is 0. The minimum Gasteiger partial charge on any atom is -0.373 e. The molecule has 5 nitrogen and oxygen atoms in total. The van der Waals surface area contributed by atoms with Crippen LogP contribution >= 0.6 is 0 Å². The molecule has 0 atom stereocenters. The Balaban J connectivity index is 0.0000000833. The van der Waals surface area contributed by atoms with Gasteiger partial charge in [0, 0.05) is 0 Å². The minimum absolute atomic E-state index is 1.50. The summed E-state index contributed by atoms with van der Waals surface area (Å²) >= 11 is 0. The van der Waals surface area contributed by atoms with Gasteiger partial charge in [0.25, 0.3) is 0 Å². The fourth-order valence-corrected chi connectivity index (χ4v) is 0. The van der Waals surface area contributed by atoms with Gasteiger partial charge in [-0.3, -0.25) is 10.3 Å². The third-order valence-corrected chi connectivity index (χ3v) is 0.129. The third-order valence-electron chi connectivity index (χ3n) is 0.129. The largest absolute Gasteiger partial charge is 0.373 e. The van der Waals surface area contributed by atoms with E-state index in [1.54, 1.807) is 6.34 Å². The van der Waals surface area contributed by atoms with E-state index in [2.05, 4.69) is 10.5 Å². The van der Waals surface area contributed by atoms with Gasteiger partial charge in [-0.1, -0.05) is 0 Å². The Morgan fingerprint density at radius 2 is 1.83 bits per heavy atom. The predicted octanol–water partition coefficient (Wildman–Crippen LogP) is 0.399. The molecule has 0 aromatic heterocycles. The van der Waals surface area contributed by atoms with Crippen LogP contribution in [0.2, 0.25) is 0 Å². The van der Waals surface area contributed by atoms with E-state index < -0.39 is 0 Å². The number of hydrogen-bond donors (Lipinski definition) is 1. The fraction of sp³-hybridized carbons (Fsp3) is 0. The van der Waals surface area contributed by atoms with Gasteiger partial charge in [0.2, 0.25) is 0 Å². The van der Waals surface area contributed by atoms with Crippen molar-refractivity contribution in [3.63, 3.8) is 0 Å². The number of hydrogen-bond acceptors (Lipinski definition) is 2. The molecule has 1 aliphatic heterocycles. The lowest BCUT2D eigenvalue weighted by Crippen LogP contribution is -1.61. The standard InChI is InChI=1S/CH2N2.N3/c1-2-3-1;1-3-2/h1H,(H,2,3);/q;-1. The maximum atomic E-state index is 6.75. The molecule has 0 unspecified atom stereocenters. The summed E-state index contributed by atoms with van der Waals surface area (Å²) in [5, 5.41) is 3.38. The Labute approximate surface area is 34.1 Å². The van der Waals surface area contributed by atoms with Crippen LogP contribution in [0.4, 0.5) is 0 Å². The average Bonchev–Trinajstić information content (AvgIpc) is 2.11. The van der Waals surface area contributed by atoms with Gasteiger partial charge >= 0.3 is 0 Å². The summed E-state index contributed by atoms with van der Waals surface area (Å²) in [4.78, 5) is 1.50. The van der Waals surface area contributed by atoms with E-state index in [-0.39, 0.29) is 0 Å². The van der Waals surface area contributed by atoms with Gasteiger partial charge in [0.05, 0.1) is 0 Å². The summed E-state index contributed by atoms with van der Waals surface area (Å²) in [6.45, 7) is 0. The molecule has 1 N–H and O–H groups in total. The van der Waals surface area contributed by atoms with Crippen LogP contribution in [0, 0.1) is 0 Å². The number of hydrazone groups is 1. The molecule has 32 valence electrons. The summed E-state index contributed by atoms with van der Waals surface area (Å²) in [5.74, 6) is 0. The minimum atomic E-state index is 1.50. The van der Waals surface area contributed by atoms with E-state index in [9.17, 15) is 0 Å². The van der Waals surface area contributed by atoms with Crippen molar-refractivity contribution in [3.8, 4) is 0 Å².